The molecular formula is C16H24N4. The summed E-state index contributed by atoms with van der Waals surface area (Å²) in [5, 5.41) is 0. The molecule has 1 aromatic heterocycles. The zero-order valence-electron chi connectivity index (χ0n) is 12.7. The Morgan fingerprint density at radius 2 is 2.00 bits per heavy atom. The maximum Gasteiger partial charge on any atom is 0.124 e. The zero-order valence-corrected chi connectivity index (χ0v) is 12.7. The van der Waals surface area contributed by atoms with Gasteiger partial charge in [-0.05, 0) is 38.1 Å². The third kappa shape index (κ3) is 2.58. The van der Waals surface area contributed by atoms with Gasteiger partial charge in [0.15, 0.2) is 0 Å². The molecule has 0 amide bonds. The van der Waals surface area contributed by atoms with Gasteiger partial charge in [-0.2, -0.15) is 0 Å². The van der Waals surface area contributed by atoms with Crippen molar-refractivity contribution in [1.29, 1.82) is 0 Å². The number of nitrogens with zero attached hydrogens (tertiary/aromatic N) is 3. The molecule has 0 spiro atoms. The minimum Gasteiger partial charge on any atom is -0.341 e. The van der Waals surface area contributed by atoms with E-state index in [1.54, 1.807) is 0 Å². The Hall–Kier alpha value is -1.39. The fourth-order valence-electron chi connectivity index (χ4n) is 3.06. The van der Waals surface area contributed by atoms with Crippen molar-refractivity contribution in [3.63, 3.8) is 0 Å². The van der Waals surface area contributed by atoms with Gasteiger partial charge < -0.3 is 9.88 Å². The lowest BCUT2D eigenvalue weighted by atomic mass is 10.1. The Morgan fingerprint density at radius 1 is 1.25 bits per heavy atom. The summed E-state index contributed by atoms with van der Waals surface area (Å²) < 4.78 is 0. The lowest BCUT2D eigenvalue weighted by molar-refractivity contribution is 0.105. The van der Waals surface area contributed by atoms with Crippen LogP contribution in [0.4, 0.5) is 0 Å². The molecular weight excluding hydrogens is 248 g/mol. The van der Waals surface area contributed by atoms with E-state index in [1.807, 2.05) is 0 Å². The third-order valence-electron chi connectivity index (χ3n) is 4.34. The average Bonchev–Trinajstić information content (AvgIpc) is 2.84. The summed E-state index contributed by atoms with van der Waals surface area (Å²) in [6.45, 7) is 8.93. The molecule has 1 saturated heterocycles. The monoisotopic (exact) mass is 272 g/mol. The van der Waals surface area contributed by atoms with Crippen molar-refractivity contribution in [2.75, 3.05) is 33.2 Å². The van der Waals surface area contributed by atoms with E-state index in [0.717, 1.165) is 49.5 Å². The van der Waals surface area contributed by atoms with Crippen molar-refractivity contribution < 1.29 is 0 Å². The lowest BCUT2D eigenvalue weighted by Crippen LogP contribution is -2.46. The molecule has 1 unspecified atom stereocenters. The first-order valence-corrected chi connectivity index (χ1v) is 7.56. The number of nitrogens with one attached hydrogen (secondary N) is 1. The number of likely N-dealkylation sites (N-methyl/N-ethyl adjacent to an activating group) is 1. The zero-order chi connectivity index (χ0) is 14.1. The summed E-state index contributed by atoms with van der Waals surface area (Å²) in [6.07, 6.45) is 1.10. The Bertz CT molecular complexity index is 581. The predicted octanol–water partition coefficient (Wildman–Crippen LogP) is 2.57. The van der Waals surface area contributed by atoms with E-state index in [2.05, 4.69) is 53.9 Å². The second-order valence-corrected chi connectivity index (χ2v) is 5.91. The van der Waals surface area contributed by atoms with Crippen LogP contribution in [0.2, 0.25) is 0 Å². The highest BCUT2D eigenvalue weighted by Crippen LogP contribution is 2.25. The number of fused-ring (bicyclic) bond motifs is 1. The van der Waals surface area contributed by atoms with Crippen LogP contribution in [0.1, 0.15) is 30.8 Å². The molecule has 0 saturated carbocycles. The van der Waals surface area contributed by atoms with Crippen LogP contribution in [0.3, 0.4) is 0 Å². The summed E-state index contributed by atoms with van der Waals surface area (Å²) in [5.74, 6) is 1.12. The number of imidazole rings is 1. The first kappa shape index (κ1) is 13.6. The van der Waals surface area contributed by atoms with Gasteiger partial charge in [-0.15, -0.1) is 0 Å². The highest BCUT2D eigenvalue weighted by atomic mass is 15.3. The number of aryl methyl sites for hydroxylation is 1. The standard InChI is InChI=1S/C16H24N4/c1-4-15(20-9-7-19(3)8-10-20)16-17-13-6-5-12(2)11-14(13)18-16/h5-6,11,15H,4,7-10H2,1-3H3,(H,17,18). The molecule has 1 atom stereocenters. The molecule has 1 aromatic carbocycles. The van der Waals surface area contributed by atoms with E-state index >= 15 is 0 Å². The first-order chi connectivity index (χ1) is 9.67. The molecule has 3 rings (SSSR count). The van der Waals surface area contributed by atoms with Gasteiger partial charge in [0.1, 0.15) is 5.82 Å². The fourth-order valence-corrected chi connectivity index (χ4v) is 3.06. The summed E-state index contributed by atoms with van der Waals surface area (Å²) in [5.41, 5.74) is 3.52. The number of H-pyrrole nitrogens is 1. The quantitative estimate of drug-likeness (QED) is 0.932. The summed E-state index contributed by atoms with van der Waals surface area (Å²) in [4.78, 5) is 13.3. The van der Waals surface area contributed by atoms with Crippen LogP contribution in [0.25, 0.3) is 11.0 Å². The van der Waals surface area contributed by atoms with Crippen LogP contribution < -0.4 is 0 Å². The molecule has 1 N–H and O–H groups in total. The SMILES string of the molecule is CCC(c1nc2ccc(C)cc2[nH]1)N1CCN(C)CC1. The van der Waals surface area contributed by atoms with E-state index in [4.69, 9.17) is 4.98 Å². The van der Waals surface area contributed by atoms with Crippen molar-refractivity contribution in [3.05, 3.63) is 29.6 Å². The molecule has 0 aliphatic carbocycles. The number of aromatic amines is 1. The molecule has 2 aromatic rings. The van der Waals surface area contributed by atoms with Gasteiger partial charge in [0.25, 0.3) is 0 Å². The Kier molecular flexibility index (Phi) is 3.76. The molecule has 4 heteroatoms. The van der Waals surface area contributed by atoms with E-state index < -0.39 is 0 Å². The average molecular weight is 272 g/mol. The normalized spacial score (nSPS) is 19.6. The van der Waals surface area contributed by atoms with Crippen LogP contribution in [-0.2, 0) is 0 Å². The summed E-state index contributed by atoms with van der Waals surface area (Å²) >= 11 is 0. The number of benzene rings is 1. The van der Waals surface area contributed by atoms with Gasteiger partial charge in [0.05, 0.1) is 17.1 Å². The van der Waals surface area contributed by atoms with Crippen LogP contribution >= 0.6 is 0 Å². The van der Waals surface area contributed by atoms with Crippen LogP contribution in [0, 0.1) is 6.92 Å². The second kappa shape index (κ2) is 5.54. The van der Waals surface area contributed by atoms with Crippen LogP contribution in [0.15, 0.2) is 18.2 Å². The van der Waals surface area contributed by atoms with Gasteiger partial charge in [0.2, 0.25) is 0 Å². The van der Waals surface area contributed by atoms with Crippen LogP contribution in [-0.4, -0.2) is 53.0 Å². The molecule has 4 nitrogen and oxygen atoms in total. The van der Waals surface area contributed by atoms with E-state index in [9.17, 15) is 0 Å². The van der Waals surface area contributed by atoms with Crippen molar-refractivity contribution in [2.45, 2.75) is 26.3 Å². The summed E-state index contributed by atoms with van der Waals surface area (Å²) in [6, 6.07) is 6.84. The molecule has 108 valence electrons. The fraction of sp³-hybridized carbons (Fsp3) is 0.562. The van der Waals surface area contributed by atoms with Crippen molar-refractivity contribution in [3.8, 4) is 0 Å². The summed E-state index contributed by atoms with van der Waals surface area (Å²) in [7, 11) is 2.20. The number of aromatic nitrogens is 2. The Labute approximate surface area is 120 Å². The van der Waals surface area contributed by atoms with Crippen molar-refractivity contribution in [1.82, 2.24) is 19.8 Å². The molecule has 1 aliphatic heterocycles. The number of rotatable bonds is 3. The number of hydrogen-bond donors (Lipinski definition) is 1. The number of piperazine rings is 1. The highest BCUT2D eigenvalue weighted by Gasteiger charge is 2.24. The third-order valence-corrected chi connectivity index (χ3v) is 4.34. The molecule has 20 heavy (non-hydrogen) atoms. The van der Waals surface area contributed by atoms with Gasteiger partial charge in [-0.25, -0.2) is 4.98 Å². The smallest absolute Gasteiger partial charge is 0.124 e. The minimum atomic E-state index is 0.413. The first-order valence-electron chi connectivity index (χ1n) is 7.56. The van der Waals surface area contributed by atoms with Crippen molar-refractivity contribution >= 4 is 11.0 Å². The number of hydrogen-bond acceptors (Lipinski definition) is 3. The molecule has 0 radical (unpaired) electrons. The molecule has 2 heterocycles. The van der Waals surface area contributed by atoms with Gasteiger partial charge in [-0.1, -0.05) is 13.0 Å². The largest absolute Gasteiger partial charge is 0.341 e. The Balaban J connectivity index is 1.87. The van der Waals surface area contributed by atoms with Gasteiger partial charge in [-0.3, -0.25) is 4.90 Å². The van der Waals surface area contributed by atoms with Crippen LogP contribution in [0.5, 0.6) is 0 Å². The Morgan fingerprint density at radius 3 is 2.70 bits per heavy atom. The highest BCUT2D eigenvalue weighted by molar-refractivity contribution is 5.75. The topological polar surface area (TPSA) is 35.2 Å². The second-order valence-electron chi connectivity index (χ2n) is 5.91. The van der Waals surface area contributed by atoms with E-state index in [0.29, 0.717) is 6.04 Å². The predicted molar refractivity (Wildman–Crippen MR) is 82.9 cm³/mol. The molecule has 1 aliphatic rings. The van der Waals surface area contributed by atoms with E-state index in [-0.39, 0.29) is 0 Å². The lowest BCUT2D eigenvalue weighted by Gasteiger charge is -2.36. The minimum absolute atomic E-state index is 0.413. The van der Waals surface area contributed by atoms with Crippen molar-refractivity contribution in [2.24, 2.45) is 0 Å². The van der Waals surface area contributed by atoms with Gasteiger partial charge >= 0.3 is 0 Å². The molecule has 1 fully saturated rings. The maximum atomic E-state index is 4.81. The van der Waals surface area contributed by atoms with Gasteiger partial charge in [0, 0.05) is 26.2 Å². The molecule has 0 bridgehead atoms. The maximum absolute atomic E-state index is 4.81. The van der Waals surface area contributed by atoms with E-state index in [1.165, 1.54) is 5.56 Å².